The minimum atomic E-state index is -0.172. The standard InChI is InChI=1S/C10H16N4/c1-4-9(5-11)14-8(3)10(6-12)7(2)13-14/h9H,4,6,12H2,1-3H3. The van der Waals surface area contributed by atoms with E-state index in [1.807, 2.05) is 20.8 Å². The summed E-state index contributed by atoms with van der Waals surface area (Å²) in [7, 11) is 0. The molecular formula is C10H16N4. The lowest BCUT2D eigenvalue weighted by Crippen LogP contribution is -2.10. The number of hydrogen-bond acceptors (Lipinski definition) is 3. The molecule has 1 atom stereocenters. The molecule has 0 aliphatic carbocycles. The van der Waals surface area contributed by atoms with Gasteiger partial charge in [0, 0.05) is 17.8 Å². The Bertz CT molecular complexity index is 359. The Morgan fingerprint density at radius 1 is 1.57 bits per heavy atom. The van der Waals surface area contributed by atoms with Gasteiger partial charge in [-0.3, -0.25) is 4.68 Å². The molecule has 1 rings (SSSR count). The first-order chi connectivity index (χ1) is 6.65. The quantitative estimate of drug-likeness (QED) is 0.787. The highest BCUT2D eigenvalue weighted by atomic mass is 15.3. The summed E-state index contributed by atoms with van der Waals surface area (Å²) < 4.78 is 1.78. The van der Waals surface area contributed by atoms with E-state index in [1.165, 1.54) is 0 Å². The van der Waals surface area contributed by atoms with Crippen LogP contribution in [-0.4, -0.2) is 9.78 Å². The van der Waals surface area contributed by atoms with Crippen LogP contribution in [0.5, 0.6) is 0 Å². The topological polar surface area (TPSA) is 67.6 Å². The van der Waals surface area contributed by atoms with Crippen molar-refractivity contribution in [2.45, 2.75) is 39.8 Å². The van der Waals surface area contributed by atoms with Crippen LogP contribution < -0.4 is 5.73 Å². The van der Waals surface area contributed by atoms with Crippen LogP contribution in [0, 0.1) is 25.2 Å². The molecule has 0 amide bonds. The first-order valence-electron chi connectivity index (χ1n) is 4.79. The molecule has 14 heavy (non-hydrogen) atoms. The first-order valence-corrected chi connectivity index (χ1v) is 4.79. The molecule has 0 aliphatic heterocycles. The molecule has 0 saturated heterocycles. The fourth-order valence-corrected chi connectivity index (χ4v) is 1.61. The zero-order valence-corrected chi connectivity index (χ0v) is 8.91. The van der Waals surface area contributed by atoms with Crippen LogP contribution in [0.4, 0.5) is 0 Å². The Balaban J connectivity index is 3.17. The average molecular weight is 192 g/mol. The number of aromatic nitrogens is 2. The first kappa shape index (κ1) is 10.7. The van der Waals surface area contributed by atoms with E-state index in [4.69, 9.17) is 11.0 Å². The zero-order valence-electron chi connectivity index (χ0n) is 8.91. The van der Waals surface area contributed by atoms with Gasteiger partial charge in [0.15, 0.2) is 0 Å². The molecule has 1 unspecified atom stereocenters. The second kappa shape index (κ2) is 4.25. The summed E-state index contributed by atoms with van der Waals surface area (Å²) in [6, 6.07) is 2.06. The molecule has 1 heterocycles. The van der Waals surface area contributed by atoms with E-state index < -0.39 is 0 Å². The van der Waals surface area contributed by atoms with Crippen molar-refractivity contribution in [3.63, 3.8) is 0 Å². The predicted molar refractivity (Wildman–Crippen MR) is 54.5 cm³/mol. The second-order valence-electron chi connectivity index (χ2n) is 3.35. The lowest BCUT2D eigenvalue weighted by atomic mass is 10.2. The average Bonchev–Trinajstić information content (AvgIpc) is 2.45. The molecule has 4 heteroatoms. The minimum Gasteiger partial charge on any atom is -0.326 e. The van der Waals surface area contributed by atoms with Crippen molar-refractivity contribution in [3.8, 4) is 6.07 Å². The number of nitrogens with two attached hydrogens (primary N) is 1. The van der Waals surface area contributed by atoms with Gasteiger partial charge in [-0.1, -0.05) is 6.92 Å². The third-order valence-corrected chi connectivity index (χ3v) is 2.51. The highest BCUT2D eigenvalue weighted by Gasteiger charge is 2.15. The van der Waals surface area contributed by atoms with Crippen LogP contribution in [0.3, 0.4) is 0 Å². The van der Waals surface area contributed by atoms with Crippen LogP contribution in [0.15, 0.2) is 0 Å². The van der Waals surface area contributed by atoms with Crippen LogP contribution in [0.25, 0.3) is 0 Å². The van der Waals surface area contributed by atoms with Gasteiger partial charge in [0.05, 0.1) is 11.8 Å². The molecule has 0 radical (unpaired) electrons. The number of hydrogen-bond donors (Lipinski definition) is 1. The van der Waals surface area contributed by atoms with Crippen molar-refractivity contribution in [3.05, 3.63) is 17.0 Å². The Morgan fingerprint density at radius 2 is 2.21 bits per heavy atom. The van der Waals surface area contributed by atoms with Gasteiger partial charge >= 0.3 is 0 Å². The van der Waals surface area contributed by atoms with E-state index >= 15 is 0 Å². The SMILES string of the molecule is CCC(C#N)n1nc(C)c(CN)c1C. The summed E-state index contributed by atoms with van der Waals surface area (Å²) in [5.41, 5.74) is 8.61. The third-order valence-electron chi connectivity index (χ3n) is 2.51. The minimum absolute atomic E-state index is 0.172. The molecule has 4 nitrogen and oxygen atoms in total. The Hall–Kier alpha value is -1.34. The van der Waals surface area contributed by atoms with Crippen molar-refractivity contribution in [2.75, 3.05) is 0 Å². The van der Waals surface area contributed by atoms with Crippen LogP contribution >= 0.6 is 0 Å². The maximum Gasteiger partial charge on any atom is 0.138 e. The fraction of sp³-hybridized carbons (Fsp3) is 0.600. The second-order valence-corrected chi connectivity index (χ2v) is 3.35. The lowest BCUT2D eigenvalue weighted by molar-refractivity contribution is 0.518. The summed E-state index contributed by atoms with van der Waals surface area (Å²) >= 11 is 0. The van der Waals surface area contributed by atoms with Gasteiger partial charge in [-0.25, -0.2) is 0 Å². The molecule has 0 fully saturated rings. The molecular weight excluding hydrogens is 176 g/mol. The predicted octanol–water partition coefficient (Wildman–Crippen LogP) is 1.43. The fourth-order valence-electron chi connectivity index (χ4n) is 1.61. The largest absolute Gasteiger partial charge is 0.326 e. The summed E-state index contributed by atoms with van der Waals surface area (Å²) in [5, 5.41) is 13.3. The maximum absolute atomic E-state index is 8.93. The van der Waals surface area contributed by atoms with E-state index in [2.05, 4.69) is 11.2 Å². The summed E-state index contributed by atoms with van der Waals surface area (Å²) in [5.74, 6) is 0. The number of nitrogens with zero attached hydrogens (tertiary/aromatic N) is 3. The van der Waals surface area contributed by atoms with Crippen molar-refractivity contribution >= 4 is 0 Å². The monoisotopic (exact) mass is 192 g/mol. The number of aryl methyl sites for hydroxylation is 1. The molecule has 2 N–H and O–H groups in total. The van der Waals surface area contributed by atoms with Crippen molar-refractivity contribution in [2.24, 2.45) is 5.73 Å². The van der Waals surface area contributed by atoms with Crippen LogP contribution in [0.1, 0.15) is 36.3 Å². The lowest BCUT2D eigenvalue weighted by Gasteiger charge is -2.08. The van der Waals surface area contributed by atoms with Crippen LogP contribution in [0.2, 0.25) is 0 Å². The summed E-state index contributed by atoms with van der Waals surface area (Å²) in [6.07, 6.45) is 0.766. The van der Waals surface area contributed by atoms with Gasteiger partial charge in [-0.15, -0.1) is 0 Å². The van der Waals surface area contributed by atoms with Crippen LogP contribution in [-0.2, 0) is 6.54 Å². The van der Waals surface area contributed by atoms with Gasteiger partial charge in [-0.2, -0.15) is 10.4 Å². The summed E-state index contributed by atoms with van der Waals surface area (Å²) in [4.78, 5) is 0. The van der Waals surface area contributed by atoms with E-state index in [-0.39, 0.29) is 6.04 Å². The van der Waals surface area contributed by atoms with Gasteiger partial charge in [-0.05, 0) is 20.3 Å². The molecule has 0 aliphatic rings. The molecule has 76 valence electrons. The van der Waals surface area contributed by atoms with Gasteiger partial charge in [0.25, 0.3) is 0 Å². The molecule has 0 bridgehead atoms. The molecule has 0 aromatic carbocycles. The summed E-state index contributed by atoms with van der Waals surface area (Å²) in [6.45, 7) is 6.35. The third kappa shape index (κ3) is 1.64. The molecule has 0 spiro atoms. The van der Waals surface area contributed by atoms with E-state index in [0.717, 1.165) is 23.4 Å². The molecule has 1 aromatic rings. The van der Waals surface area contributed by atoms with E-state index in [9.17, 15) is 0 Å². The molecule has 1 aromatic heterocycles. The zero-order chi connectivity index (χ0) is 10.7. The van der Waals surface area contributed by atoms with Gasteiger partial charge < -0.3 is 5.73 Å². The highest BCUT2D eigenvalue weighted by molar-refractivity contribution is 5.25. The smallest absolute Gasteiger partial charge is 0.138 e. The Morgan fingerprint density at radius 3 is 2.57 bits per heavy atom. The maximum atomic E-state index is 8.93. The van der Waals surface area contributed by atoms with Gasteiger partial charge in [0.1, 0.15) is 6.04 Å². The molecule has 0 saturated carbocycles. The Labute approximate surface area is 84.3 Å². The number of rotatable bonds is 3. The van der Waals surface area contributed by atoms with E-state index in [1.54, 1.807) is 4.68 Å². The van der Waals surface area contributed by atoms with Crippen molar-refractivity contribution in [1.82, 2.24) is 9.78 Å². The van der Waals surface area contributed by atoms with E-state index in [0.29, 0.717) is 6.54 Å². The van der Waals surface area contributed by atoms with Crippen molar-refractivity contribution in [1.29, 1.82) is 5.26 Å². The van der Waals surface area contributed by atoms with Crippen molar-refractivity contribution < 1.29 is 0 Å². The normalized spacial score (nSPS) is 12.5. The van der Waals surface area contributed by atoms with Gasteiger partial charge in [0.2, 0.25) is 0 Å². The highest BCUT2D eigenvalue weighted by Crippen LogP contribution is 2.18. The number of nitriles is 1. The Kier molecular flexibility index (Phi) is 3.26.